The lowest BCUT2D eigenvalue weighted by molar-refractivity contribution is -0.111. The third kappa shape index (κ3) is 2.78. The number of rotatable bonds is 7. The van der Waals surface area contributed by atoms with Gasteiger partial charge >= 0.3 is 0 Å². The molecule has 7 heteroatoms. The van der Waals surface area contributed by atoms with Crippen LogP contribution in [0.3, 0.4) is 0 Å². The molecule has 0 spiro atoms. The van der Waals surface area contributed by atoms with Crippen LogP contribution in [0.25, 0.3) is 5.70 Å². The van der Waals surface area contributed by atoms with Crippen LogP contribution in [-0.2, 0) is 16.6 Å². The molecule has 0 fully saturated rings. The molecule has 3 N–H and O–H groups in total. The fourth-order valence-corrected chi connectivity index (χ4v) is 3.48. The van der Waals surface area contributed by atoms with Crippen LogP contribution in [0.2, 0.25) is 0 Å². The summed E-state index contributed by atoms with van der Waals surface area (Å²) in [5.74, 6) is 1.61. The lowest BCUT2D eigenvalue weighted by atomic mass is 9.72. The van der Waals surface area contributed by atoms with E-state index in [0.29, 0.717) is 42.8 Å². The van der Waals surface area contributed by atoms with E-state index in [9.17, 15) is 4.79 Å². The maximum Gasteiger partial charge on any atom is 0.263 e. The van der Waals surface area contributed by atoms with Crippen molar-refractivity contribution in [1.29, 1.82) is 0 Å². The highest BCUT2D eigenvalue weighted by Gasteiger charge is 2.49. The molecule has 1 aliphatic heterocycles. The van der Waals surface area contributed by atoms with Crippen molar-refractivity contribution in [2.75, 3.05) is 13.2 Å². The van der Waals surface area contributed by atoms with Gasteiger partial charge in [-0.2, -0.15) is 0 Å². The first-order valence-electron chi connectivity index (χ1n) is 8.77. The minimum absolute atomic E-state index is 0.199. The zero-order valence-corrected chi connectivity index (χ0v) is 15.3. The predicted octanol–water partition coefficient (Wildman–Crippen LogP) is 1.83. The minimum atomic E-state index is -0.888. The van der Waals surface area contributed by atoms with Crippen molar-refractivity contribution in [2.24, 2.45) is 5.73 Å². The number of carbonyl (C=O) groups excluding carboxylic acids is 1. The van der Waals surface area contributed by atoms with Crippen LogP contribution in [0.5, 0.6) is 5.75 Å². The predicted molar refractivity (Wildman–Crippen MR) is 97.6 cm³/mol. The molecule has 1 aromatic heterocycles. The van der Waals surface area contributed by atoms with Crippen LogP contribution < -0.4 is 15.8 Å². The van der Waals surface area contributed by atoms with Crippen LogP contribution in [0.4, 0.5) is 0 Å². The second kappa shape index (κ2) is 7.29. The van der Waals surface area contributed by atoms with Gasteiger partial charge in [-0.3, -0.25) is 0 Å². The molecule has 2 aromatic rings. The Bertz CT molecular complexity index is 830. The largest absolute Gasteiger partial charge is 0.492 e. The standard InChI is InChI=1S/C19H24N4O3/c1-4-16-22-23-18(26-16)17-12(2)19(11-24,13(3)21-17)14-7-5-6-8-15(14)25-10-9-20/h5-8,11,13,21H,4,9-10,20H2,1-3H3. The number of nitrogens with zero attached hydrogens (tertiary/aromatic N) is 2. The Kier molecular flexibility index (Phi) is 5.08. The van der Waals surface area contributed by atoms with Crippen molar-refractivity contribution in [2.45, 2.75) is 38.6 Å². The average Bonchev–Trinajstić information content (AvgIpc) is 3.23. The molecule has 0 saturated carbocycles. The number of aromatic nitrogens is 2. The molecule has 0 bridgehead atoms. The van der Waals surface area contributed by atoms with Crippen molar-refractivity contribution < 1.29 is 13.9 Å². The summed E-state index contributed by atoms with van der Waals surface area (Å²) in [6.07, 6.45) is 1.62. The molecule has 0 amide bonds. The van der Waals surface area contributed by atoms with E-state index in [1.165, 1.54) is 0 Å². The number of carbonyl (C=O) groups is 1. The minimum Gasteiger partial charge on any atom is -0.492 e. The summed E-state index contributed by atoms with van der Waals surface area (Å²) >= 11 is 0. The molecule has 1 aliphatic rings. The van der Waals surface area contributed by atoms with E-state index >= 15 is 0 Å². The van der Waals surface area contributed by atoms with Crippen molar-refractivity contribution in [3.8, 4) is 5.75 Å². The van der Waals surface area contributed by atoms with Crippen molar-refractivity contribution in [3.05, 3.63) is 47.2 Å². The van der Waals surface area contributed by atoms with Crippen LogP contribution >= 0.6 is 0 Å². The topological polar surface area (TPSA) is 103 Å². The Labute approximate surface area is 152 Å². The van der Waals surface area contributed by atoms with Gasteiger partial charge in [0.25, 0.3) is 5.89 Å². The molecule has 26 heavy (non-hydrogen) atoms. The summed E-state index contributed by atoms with van der Waals surface area (Å²) in [5.41, 5.74) is 7.01. The molecule has 1 aromatic carbocycles. The Morgan fingerprint density at radius 2 is 2.15 bits per heavy atom. The van der Waals surface area contributed by atoms with Gasteiger partial charge in [0.05, 0.1) is 11.1 Å². The molecule has 7 nitrogen and oxygen atoms in total. The van der Waals surface area contributed by atoms with E-state index in [4.69, 9.17) is 14.9 Å². The molecule has 2 unspecified atom stereocenters. The first-order valence-corrected chi connectivity index (χ1v) is 8.77. The first-order chi connectivity index (χ1) is 12.6. The maximum absolute atomic E-state index is 12.4. The van der Waals surface area contributed by atoms with E-state index < -0.39 is 5.41 Å². The molecular formula is C19H24N4O3. The normalized spacial score (nSPS) is 22.4. The van der Waals surface area contributed by atoms with Gasteiger partial charge in [0.2, 0.25) is 5.89 Å². The lowest BCUT2D eigenvalue weighted by Gasteiger charge is -2.31. The zero-order valence-electron chi connectivity index (χ0n) is 15.3. The quantitative estimate of drug-likeness (QED) is 0.729. The summed E-state index contributed by atoms with van der Waals surface area (Å²) in [6.45, 7) is 6.60. The summed E-state index contributed by atoms with van der Waals surface area (Å²) in [7, 11) is 0. The van der Waals surface area contributed by atoms with Gasteiger partial charge in [-0.25, -0.2) is 0 Å². The van der Waals surface area contributed by atoms with Gasteiger partial charge in [-0.15, -0.1) is 10.2 Å². The Morgan fingerprint density at radius 1 is 1.38 bits per heavy atom. The Morgan fingerprint density at radius 3 is 2.81 bits per heavy atom. The molecule has 138 valence electrons. The monoisotopic (exact) mass is 356 g/mol. The smallest absolute Gasteiger partial charge is 0.263 e. The van der Waals surface area contributed by atoms with Gasteiger partial charge in [0, 0.05) is 24.6 Å². The highest BCUT2D eigenvalue weighted by atomic mass is 16.5. The summed E-state index contributed by atoms with van der Waals surface area (Å²) in [6, 6.07) is 7.35. The van der Waals surface area contributed by atoms with Crippen molar-refractivity contribution in [3.63, 3.8) is 0 Å². The van der Waals surface area contributed by atoms with Crippen LogP contribution in [0, 0.1) is 0 Å². The van der Waals surface area contributed by atoms with Gasteiger partial charge in [0.1, 0.15) is 18.6 Å². The SMILES string of the molecule is CCc1nnc(C2=C(C)C(C=O)(c3ccccc3OCCN)C(C)N2)o1. The third-order valence-corrected chi connectivity index (χ3v) is 4.92. The van der Waals surface area contributed by atoms with Gasteiger partial charge < -0.3 is 25.0 Å². The Balaban J connectivity index is 2.12. The number of ether oxygens (including phenoxy) is 1. The third-order valence-electron chi connectivity index (χ3n) is 4.92. The molecular weight excluding hydrogens is 332 g/mol. The number of aldehydes is 1. The van der Waals surface area contributed by atoms with E-state index in [0.717, 1.165) is 17.4 Å². The number of aryl methyl sites for hydroxylation is 1. The molecule has 3 rings (SSSR count). The van der Waals surface area contributed by atoms with Gasteiger partial charge in [0.15, 0.2) is 0 Å². The van der Waals surface area contributed by atoms with E-state index in [2.05, 4.69) is 15.5 Å². The van der Waals surface area contributed by atoms with Crippen molar-refractivity contribution in [1.82, 2.24) is 15.5 Å². The number of nitrogens with two attached hydrogens (primary N) is 1. The van der Waals surface area contributed by atoms with E-state index in [1.54, 1.807) is 0 Å². The summed E-state index contributed by atoms with van der Waals surface area (Å²) in [4.78, 5) is 12.4. The number of nitrogens with one attached hydrogen (secondary N) is 1. The second-order valence-corrected chi connectivity index (χ2v) is 6.34. The fourth-order valence-electron chi connectivity index (χ4n) is 3.48. The second-order valence-electron chi connectivity index (χ2n) is 6.34. The van der Waals surface area contributed by atoms with Gasteiger partial charge in [-0.1, -0.05) is 25.1 Å². The van der Waals surface area contributed by atoms with Crippen LogP contribution in [-0.4, -0.2) is 35.7 Å². The molecule has 2 heterocycles. The number of hydrogen-bond donors (Lipinski definition) is 2. The fraction of sp³-hybridized carbons (Fsp3) is 0.421. The number of benzene rings is 1. The average molecular weight is 356 g/mol. The van der Waals surface area contributed by atoms with E-state index in [-0.39, 0.29) is 6.04 Å². The molecule has 0 aliphatic carbocycles. The van der Waals surface area contributed by atoms with Crippen LogP contribution in [0.15, 0.2) is 34.3 Å². The maximum atomic E-state index is 12.4. The number of hydrogen-bond acceptors (Lipinski definition) is 7. The zero-order chi connectivity index (χ0) is 18.7. The first kappa shape index (κ1) is 18.1. The van der Waals surface area contributed by atoms with E-state index in [1.807, 2.05) is 45.0 Å². The number of para-hydroxylation sites is 1. The highest BCUT2D eigenvalue weighted by molar-refractivity contribution is 5.86. The molecule has 0 saturated heterocycles. The summed E-state index contributed by atoms with van der Waals surface area (Å²) < 4.78 is 11.5. The van der Waals surface area contributed by atoms with Crippen LogP contribution in [0.1, 0.15) is 38.1 Å². The van der Waals surface area contributed by atoms with Gasteiger partial charge in [-0.05, 0) is 25.5 Å². The Hall–Kier alpha value is -2.67. The lowest BCUT2D eigenvalue weighted by Crippen LogP contribution is -2.42. The highest BCUT2D eigenvalue weighted by Crippen LogP contribution is 2.45. The summed E-state index contributed by atoms with van der Waals surface area (Å²) in [5, 5.41) is 11.5. The molecule has 0 radical (unpaired) electrons. The van der Waals surface area contributed by atoms with Crippen molar-refractivity contribution >= 4 is 12.0 Å². The molecule has 2 atom stereocenters.